The fraction of sp³-hybridized carbons (Fsp3) is 0.583. The zero-order valence-electron chi connectivity index (χ0n) is 9.28. The molecule has 0 N–H and O–H groups in total. The number of alkyl halides is 1. The molecule has 3 heteroatoms. The number of nitrogens with zero attached hydrogens (tertiary/aromatic N) is 2. The molecule has 0 aliphatic carbocycles. The van der Waals surface area contributed by atoms with Crippen molar-refractivity contribution in [2.45, 2.75) is 25.6 Å². The monoisotopic (exact) mass is 224 g/mol. The van der Waals surface area contributed by atoms with Crippen LogP contribution in [0.5, 0.6) is 0 Å². The first-order valence-electron chi connectivity index (χ1n) is 5.54. The largest absolute Gasteiger partial charge is 0.370 e. The zero-order chi connectivity index (χ0) is 10.8. The minimum absolute atomic E-state index is 0.281. The Bertz CT molecular complexity index is 330. The van der Waals surface area contributed by atoms with Gasteiger partial charge in [-0.3, -0.25) is 4.98 Å². The third kappa shape index (κ3) is 2.25. The molecule has 1 aromatic heterocycles. The standard InChI is InChI=1S/C12H17ClN2/c1-3-10-6-11(4-5-14-10)15-7-9(2)12(13)8-15/h4-6,9,12H,3,7-8H2,1-2H3. The van der Waals surface area contributed by atoms with Crippen LogP contribution >= 0.6 is 11.6 Å². The summed E-state index contributed by atoms with van der Waals surface area (Å²) >= 11 is 6.22. The molecule has 0 amide bonds. The van der Waals surface area contributed by atoms with Crippen LogP contribution in [-0.2, 0) is 6.42 Å². The Labute approximate surface area is 96.3 Å². The summed E-state index contributed by atoms with van der Waals surface area (Å²) in [6.07, 6.45) is 2.88. The van der Waals surface area contributed by atoms with Crippen LogP contribution in [-0.4, -0.2) is 23.5 Å². The van der Waals surface area contributed by atoms with Crippen LogP contribution in [0.3, 0.4) is 0 Å². The van der Waals surface area contributed by atoms with Crippen molar-refractivity contribution in [2.75, 3.05) is 18.0 Å². The average molecular weight is 225 g/mol. The van der Waals surface area contributed by atoms with Crippen molar-refractivity contribution in [3.63, 3.8) is 0 Å². The van der Waals surface area contributed by atoms with Crippen molar-refractivity contribution in [3.8, 4) is 0 Å². The predicted octanol–water partition coefficient (Wildman–Crippen LogP) is 2.71. The molecule has 1 aliphatic heterocycles. The highest BCUT2D eigenvalue weighted by molar-refractivity contribution is 6.21. The zero-order valence-corrected chi connectivity index (χ0v) is 10.0. The number of halogens is 1. The van der Waals surface area contributed by atoms with Gasteiger partial charge in [0.25, 0.3) is 0 Å². The summed E-state index contributed by atoms with van der Waals surface area (Å²) in [5.74, 6) is 0.574. The molecule has 0 saturated carbocycles. The van der Waals surface area contributed by atoms with E-state index in [1.807, 2.05) is 6.20 Å². The summed E-state index contributed by atoms with van der Waals surface area (Å²) in [6, 6.07) is 4.24. The molecule has 2 rings (SSSR count). The lowest BCUT2D eigenvalue weighted by molar-refractivity contribution is 0.666. The molecule has 1 saturated heterocycles. The van der Waals surface area contributed by atoms with E-state index in [4.69, 9.17) is 11.6 Å². The van der Waals surface area contributed by atoms with Crippen LogP contribution in [0.2, 0.25) is 0 Å². The molecule has 1 fully saturated rings. The molecule has 2 heterocycles. The van der Waals surface area contributed by atoms with E-state index < -0.39 is 0 Å². The Morgan fingerprint density at radius 2 is 2.33 bits per heavy atom. The van der Waals surface area contributed by atoms with Gasteiger partial charge < -0.3 is 4.90 Å². The maximum atomic E-state index is 6.22. The van der Waals surface area contributed by atoms with Gasteiger partial charge in [0.15, 0.2) is 0 Å². The quantitative estimate of drug-likeness (QED) is 0.719. The lowest BCUT2D eigenvalue weighted by Crippen LogP contribution is -2.20. The van der Waals surface area contributed by atoms with Crippen LogP contribution in [0, 0.1) is 5.92 Å². The second kappa shape index (κ2) is 4.40. The summed E-state index contributed by atoms with van der Waals surface area (Å²) < 4.78 is 0. The first kappa shape index (κ1) is 10.7. The normalized spacial score (nSPS) is 25.9. The lowest BCUT2D eigenvalue weighted by Gasteiger charge is -2.18. The number of hydrogen-bond acceptors (Lipinski definition) is 2. The van der Waals surface area contributed by atoms with Gasteiger partial charge in [0.1, 0.15) is 0 Å². The Balaban J connectivity index is 2.16. The maximum Gasteiger partial charge on any atom is 0.0553 e. The molecule has 15 heavy (non-hydrogen) atoms. The maximum absolute atomic E-state index is 6.22. The molecule has 1 aliphatic rings. The summed E-state index contributed by atoms with van der Waals surface area (Å²) in [4.78, 5) is 6.66. The summed E-state index contributed by atoms with van der Waals surface area (Å²) in [6.45, 7) is 6.35. The molecule has 2 nitrogen and oxygen atoms in total. The highest BCUT2D eigenvalue weighted by atomic mass is 35.5. The Hall–Kier alpha value is -0.760. The van der Waals surface area contributed by atoms with E-state index in [-0.39, 0.29) is 5.38 Å². The van der Waals surface area contributed by atoms with Crippen molar-refractivity contribution in [2.24, 2.45) is 5.92 Å². The van der Waals surface area contributed by atoms with E-state index in [1.165, 1.54) is 5.69 Å². The third-order valence-corrected chi connectivity index (χ3v) is 3.62. The fourth-order valence-corrected chi connectivity index (χ4v) is 2.24. The van der Waals surface area contributed by atoms with Gasteiger partial charge in [-0.1, -0.05) is 13.8 Å². The molecular formula is C12H17ClN2. The second-order valence-electron chi connectivity index (χ2n) is 4.26. The average Bonchev–Trinajstić information content (AvgIpc) is 2.59. The molecular weight excluding hydrogens is 208 g/mol. The van der Waals surface area contributed by atoms with Crippen molar-refractivity contribution in [1.29, 1.82) is 0 Å². The first-order chi connectivity index (χ1) is 7.20. The Morgan fingerprint density at radius 1 is 1.53 bits per heavy atom. The van der Waals surface area contributed by atoms with E-state index in [0.717, 1.165) is 25.2 Å². The van der Waals surface area contributed by atoms with Gasteiger partial charge in [-0.05, 0) is 24.5 Å². The summed E-state index contributed by atoms with van der Waals surface area (Å²) in [5.41, 5.74) is 2.41. The topological polar surface area (TPSA) is 16.1 Å². The van der Waals surface area contributed by atoms with Crippen molar-refractivity contribution < 1.29 is 0 Å². The number of aromatic nitrogens is 1. The highest BCUT2D eigenvalue weighted by Crippen LogP contribution is 2.26. The van der Waals surface area contributed by atoms with Crippen LogP contribution in [0.1, 0.15) is 19.5 Å². The molecule has 82 valence electrons. The van der Waals surface area contributed by atoms with Gasteiger partial charge >= 0.3 is 0 Å². The minimum atomic E-state index is 0.281. The smallest absolute Gasteiger partial charge is 0.0553 e. The number of aryl methyl sites for hydroxylation is 1. The second-order valence-corrected chi connectivity index (χ2v) is 4.82. The number of hydrogen-bond donors (Lipinski definition) is 0. The molecule has 2 unspecified atom stereocenters. The SMILES string of the molecule is CCc1cc(N2CC(C)C(Cl)C2)ccn1. The van der Waals surface area contributed by atoms with E-state index >= 15 is 0 Å². The van der Waals surface area contributed by atoms with Crippen molar-refractivity contribution >= 4 is 17.3 Å². The van der Waals surface area contributed by atoms with Gasteiger partial charge in [0.05, 0.1) is 5.38 Å². The summed E-state index contributed by atoms with van der Waals surface area (Å²) in [5, 5.41) is 0.281. The van der Waals surface area contributed by atoms with E-state index in [2.05, 4.69) is 35.9 Å². The van der Waals surface area contributed by atoms with Crippen LogP contribution in [0.15, 0.2) is 18.3 Å². The molecule has 1 aromatic rings. The molecule has 0 bridgehead atoms. The highest BCUT2D eigenvalue weighted by Gasteiger charge is 2.27. The fourth-order valence-electron chi connectivity index (χ4n) is 1.99. The van der Waals surface area contributed by atoms with Gasteiger partial charge in [0, 0.05) is 30.7 Å². The number of anilines is 1. The van der Waals surface area contributed by atoms with E-state index in [9.17, 15) is 0 Å². The van der Waals surface area contributed by atoms with Gasteiger partial charge in [-0.2, -0.15) is 0 Å². The lowest BCUT2D eigenvalue weighted by atomic mass is 10.1. The molecule has 2 atom stereocenters. The molecule has 0 radical (unpaired) electrons. The van der Waals surface area contributed by atoms with Crippen molar-refractivity contribution in [1.82, 2.24) is 4.98 Å². The van der Waals surface area contributed by atoms with E-state index in [1.54, 1.807) is 0 Å². The van der Waals surface area contributed by atoms with Crippen LogP contribution in [0.4, 0.5) is 5.69 Å². The van der Waals surface area contributed by atoms with Crippen molar-refractivity contribution in [3.05, 3.63) is 24.0 Å². The Morgan fingerprint density at radius 3 is 2.93 bits per heavy atom. The van der Waals surface area contributed by atoms with Gasteiger partial charge in [-0.15, -0.1) is 11.6 Å². The minimum Gasteiger partial charge on any atom is -0.370 e. The number of rotatable bonds is 2. The summed E-state index contributed by atoms with van der Waals surface area (Å²) in [7, 11) is 0. The first-order valence-corrected chi connectivity index (χ1v) is 5.98. The Kier molecular flexibility index (Phi) is 3.15. The van der Waals surface area contributed by atoms with Gasteiger partial charge in [-0.25, -0.2) is 0 Å². The molecule has 0 spiro atoms. The predicted molar refractivity (Wildman–Crippen MR) is 64.6 cm³/mol. The number of pyridine rings is 1. The third-order valence-electron chi connectivity index (χ3n) is 3.05. The van der Waals surface area contributed by atoms with Gasteiger partial charge in [0.2, 0.25) is 0 Å². The molecule has 0 aromatic carbocycles. The van der Waals surface area contributed by atoms with Crippen LogP contribution < -0.4 is 4.90 Å². The van der Waals surface area contributed by atoms with Crippen LogP contribution in [0.25, 0.3) is 0 Å². The van der Waals surface area contributed by atoms with E-state index in [0.29, 0.717) is 5.92 Å².